The summed E-state index contributed by atoms with van der Waals surface area (Å²) in [6.45, 7) is 7.27. The molecule has 0 saturated carbocycles. The van der Waals surface area contributed by atoms with Crippen LogP contribution in [0.2, 0.25) is 0 Å². The molecule has 4 unspecified atom stereocenters. The van der Waals surface area contributed by atoms with E-state index in [0.29, 0.717) is 24.2 Å². The Bertz CT molecular complexity index is 559. The first-order valence-electron chi connectivity index (χ1n) is 9.30. The SMILES string of the molecule is CC(CC(=O)N1CC(c2ccc(F)cc2)CC1C)C1CCCNC1.Cl. The maximum absolute atomic E-state index is 13.1. The number of carbonyl (C=O) groups excluding carboxylic acids is 1. The van der Waals surface area contributed by atoms with E-state index in [2.05, 4.69) is 19.2 Å². The molecular formula is C20H30ClFN2O. The summed E-state index contributed by atoms with van der Waals surface area (Å²) in [5.41, 5.74) is 1.14. The molecule has 1 aromatic rings. The van der Waals surface area contributed by atoms with Gasteiger partial charge in [0, 0.05) is 24.9 Å². The summed E-state index contributed by atoms with van der Waals surface area (Å²) in [6, 6.07) is 7.02. The first-order valence-corrected chi connectivity index (χ1v) is 9.30. The number of nitrogens with zero attached hydrogens (tertiary/aromatic N) is 1. The van der Waals surface area contributed by atoms with Crippen LogP contribution in [0.3, 0.4) is 0 Å². The van der Waals surface area contributed by atoms with Gasteiger partial charge in [0.1, 0.15) is 5.82 Å². The highest BCUT2D eigenvalue weighted by Crippen LogP contribution is 2.33. The normalized spacial score (nSPS) is 27.6. The summed E-state index contributed by atoms with van der Waals surface area (Å²) < 4.78 is 13.1. The van der Waals surface area contributed by atoms with Crippen molar-refractivity contribution in [2.45, 2.75) is 51.5 Å². The Balaban J connectivity index is 0.00000225. The fourth-order valence-corrected chi connectivity index (χ4v) is 4.28. The van der Waals surface area contributed by atoms with E-state index >= 15 is 0 Å². The molecule has 0 aromatic heterocycles. The zero-order chi connectivity index (χ0) is 17.1. The van der Waals surface area contributed by atoms with Gasteiger partial charge in [-0.25, -0.2) is 4.39 Å². The van der Waals surface area contributed by atoms with Gasteiger partial charge in [0.25, 0.3) is 0 Å². The van der Waals surface area contributed by atoms with Gasteiger partial charge in [-0.15, -0.1) is 12.4 Å². The summed E-state index contributed by atoms with van der Waals surface area (Å²) in [5.74, 6) is 1.46. The van der Waals surface area contributed by atoms with Crippen LogP contribution in [-0.2, 0) is 4.79 Å². The van der Waals surface area contributed by atoms with E-state index in [1.165, 1.54) is 25.0 Å². The number of piperidine rings is 1. The van der Waals surface area contributed by atoms with Crippen LogP contribution >= 0.6 is 12.4 Å². The molecule has 140 valence electrons. The largest absolute Gasteiger partial charge is 0.339 e. The summed E-state index contributed by atoms with van der Waals surface area (Å²) in [4.78, 5) is 14.8. The maximum Gasteiger partial charge on any atom is 0.223 e. The van der Waals surface area contributed by atoms with Crippen molar-refractivity contribution in [3.63, 3.8) is 0 Å². The van der Waals surface area contributed by atoms with Crippen LogP contribution in [0.5, 0.6) is 0 Å². The monoisotopic (exact) mass is 368 g/mol. The molecule has 2 saturated heterocycles. The van der Waals surface area contributed by atoms with Gasteiger partial charge in [-0.05, 0) is 68.8 Å². The number of amides is 1. The minimum Gasteiger partial charge on any atom is -0.339 e. The van der Waals surface area contributed by atoms with Gasteiger partial charge in [0.15, 0.2) is 0 Å². The first-order chi connectivity index (χ1) is 11.5. The molecule has 2 aliphatic heterocycles. The van der Waals surface area contributed by atoms with Gasteiger partial charge in [0.05, 0.1) is 0 Å². The lowest BCUT2D eigenvalue weighted by Crippen LogP contribution is -2.38. The molecule has 2 aliphatic rings. The lowest BCUT2D eigenvalue weighted by atomic mass is 9.85. The molecular weight excluding hydrogens is 339 g/mol. The highest BCUT2D eigenvalue weighted by Gasteiger charge is 2.34. The van der Waals surface area contributed by atoms with E-state index in [9.17, 15) is 9.18 Å². The minimum atomic E-state index is -0.201. The Morgan fingerprint density at radius 2 is 2.08 bits per heavy atom. The Morgan fingerprint density at radius 3 is 2.72 bits per heavy atom. The van der Waals surface area contributed by atoms with Crippen LogP contribution in [-0.4, -0.2) is 36.5 Å². The van der Waals surface area contributed by atoms with Crippen molar-refractivity contribution < 1.29 is 9.18 Å². The molecule has 25 heavy (non-hydrogen) atoms. The van der Waals surface area contributed by atoms with Gasteiger partial charge < -0.3 is 10.2 Å². The number of hydrogen-bond acceptors (Lipinski definition) is 2. The Hall–Kier alpha value is -1.13. The second-order valence-electron chi connectivity index (χ2n) is 7.67. The average molecular weight is 369 g/mol. The summed E-state index contributed by atoms with van der Waals surface area (Å²) in [7, 11) is 0. The summed E-state index contributed by atoms with van der Waals surface area (Å²) >= 11 is 0. The molecule has 1 N–H and O–H groups in total. The fourth-order valence-electron chi connectivity index (χ4n) is 4.28. The van der Waals surface area contributed by atoms with Gasteiger partial charge in [0.2, 0.25) is 5.91 Å². The van der Waals surface area contributed by atoms with Crippen molar-refractivity contribution in [1.29, 1.82) is 0 Å². The van der Waals surface area contributed by atoms with Crippen LogP contribution in [0.15, 0.2) is 24.3 Å². The number of halogens is 2. The van der Waals surface area contributed by atoms with Crippen LogP contribution in [0, 0.1) is 17.7 Å². The number of nitrogens with one attached hydrogen (secondary N) is 1. The molecule has 3 nitrogen and oxygen atoms in total. The third-order valence-corrected chi connectivity index (χ3v) is 5.87. The third kappa shape index (κ3) is 4.95. The highest BCUT2D eigenvalue weighted by molar-refractivity contribution is 5.85. The van der Waals surface area contributed by atoms with Crippen LogP contribution in [0.25, 0.3) is 0 Å². The van der Waals surface area contributed by atoms with Crippen molar-refractivity contribution in [2.24, 2.45) is 11.8 Å². The molecule has 5 heteroatoms. The topological polar surface area (TPSA) is 32.3 Å². The van der Waals surface area contributed by atoms with Crippen LogP contribution in [0.1, 0.15) is 51.0 Å². The molecule has 4 atom stereocenters. The number of rotatable bonds is 4. The van der Waals surface area contributed by atoms with Crippen molar-refractivity contribution in [3.8, 4) is 0 Å². The molecule has 0 bridgehead atoms. The first kappa shape index (κ1) is 20.2. The second kappa shape index (κ2) is 9.00. The van der Waals surface area contributed by atoms with E-state index in [0.717, 1.165) is 31.6 Å². The van der Waals surface area contributed by atoms with Gasteiger partial charge in [-0.1, -0.05) is 19.1 Å². The van der Waals surface area contributed by atoms with Crippen LogP contribution in [0.4, 0.5) is 4.39 Å². The van der Waals surface area contributed by atoms with Crippen molar-refractivity contribution in [3.05, 3.63) is 35.6 Å². The summed E-state index contributed by atoms with van der Waals surface area (Å²) in [6.07, 6.45) is 4.06. The predicted octanol–water partition coefficient (Wildman–Crippen LogP) is 3.98. The second-order valence-corrected chi connectivity index (χ2v) is 7.67. The molecule has 1 amide bonds. The Kier molecular flexibility index (Phi) is 7.26. The molecule has 1 aromatic carbocycles. The van der Waals surface area contributed by atoms with E-state index < -0.39 is 0 Å². The smallest absolute Gasteiger partial charge is 0.223 e. The van der Waals surface area contributed by atoms with Gasteiger partial charge >= 0.3 is 0 Å². The van der Waals surface area contributed by atoms with E-state index in [1.807, 2.05) is 17.0 Å². The van der Waals surface area contributed by atoms with Crippen molar-refractivity contribution >= 4 is 18.3 Å². The lowest BCUT2D eigenvalue weighted by molar-refractivity contribution is -0.133. The van der Waals surface area contributed by atoms with Gasteiger partial charge in [-0.3, -0.25) is 4.79 Å². The van der Waals surface area contributed by atoms with Crippen molar-refractivity contribution in [2.75, 3.05) is 19.6 Å². The average Bonchev–Trinajstić information content (AvgIpc) is 2.98. The Morgan fingerprint density at radius 1 is 1.36 bits per heavy atom. The van der Waals surface area contributed by atoms with Crippen LogP contribution < -0.4 is 5.32 Å². The molecule has 0 aliphatic carbocycles. The standard InChI is InChI=1S/C20H29FN2O.ClH/c1-14(17-4-3-9-22-12-17)10-20(24)23-13-18(11-15(23)2)16-5-7-19(21)8-6-16;/h5-8,14-15,17-18,22H,3-4,9-13H2,1-2H3;1H. The maximum atomic E-state index is 13.1. The predicted molar refractivity (Wildman–Crippen MR) is 102 cm³/mol. The van der Waals surface area contributed by atoms with E-state index in [4.69, 9.17) is 0 Å². The highest BCUT2D eigenvalue weighted by atomic mass is 35.5. The third-order valence-electron chi connectivity index (χ3n) is 5.87. The molecule has 2 fully saturated rings. The van der Waals surface area contributed by atoms with E-state index in [1.54, 1.807) is 0 Å². The zero-order valence-electron chi connectivity index (χ0n) is 15.2. The quantitative estimate of drug-likeness (QED) is 0.871. The number of likely N-dealkylation sites (tertiary alicyclic amines) is 1. The number of carbonyl (C=O) groups is 1. The molecule has 2 heterocycles. The van der Waals surface area contributed by atoms with Gasteiger partial charge in [-0.2, -0.15) is 0 Å². The number of hydrogen-bond donors (Lipinski definition) is 1. The minimum absolute atomic E-state index is 0. The zero-order valence-corrected chi connectivity index (χ0v) is 16.0. The Labute approximate surface area is 156 Å². The van der Waals surface area contributed by atoms with Crippen molar-refractivity contribution in [1.82, 2.24) is 10.2 Å². The lowest BCUT2D eigenvalue weighted by Gasteiger charge is -2.30. The summed E-state index contributed by atoms with van der Waals surface area (Å²) in [5, 5.41) is 3.44. The molecule has 3 rings (SSSR count). The molecule has 0 spiro atoms. The van der Waals surface area contributed by atoms with E-state index in [-0.39, 0.29) is 30.2 Å². The fraction of sp³-hybridized carbons (Fsp3) is 0.650. The number of benzene rings is 1. The molecule has 0 radical (unpaired) electrons.